The van der Waals surface area contributed by atoms with E-state index in [0.717, 1.165) is 16.8 Å². The molecule has 0 unspecified atom stereocenters. The van der Waals surface area contributed by atoms with Crippen LogP contribution in [0.3, 0.4) is 0 Å². The van der Waals surface area contributed by atoms with Crippen LogP contribution in [0.4, 0.5) is 16.0 Å². The zero-order valence-electron chi connectivity index (χ0n) is 18.9. The third-order valence-electron chi connectivity index (χ3n) is 5.82. The van der Waals surface area contributed by atoms with E-state index >= 15 is 0 Å². The number of nitrogens with one attached hydrogen (secondary N) is 2. The SMILES string of the molecule is NCc1ncccc1CNC(=O)c1ccc(N2CC[C@@H](O)C2)nc1NCCc1cccc(F)c1. The van der Waals surface area contributed by atoms with Crippen molar-refractivity contribution in [3.63, 3.8) is 0 Å². The number of carbonyl (C=O) groups excluding carboxylic acids is 1. The van der Waals surface area contributed by atoms with Crippen LogP contribution in [0.25, 0.3) is 0 Å². The summed E-state index contributed by atoms with van der Waals surface area (Å²) in [6.07, 6.45) is 2.54. The number of aromatic nitrogens is 2. The molecular formula is C25H29FN6O2. The highest BCUT2D eigenvalue weighted by molar-refractivity contribution is 5.99. The molecule has 1 amide bonds. The van der Waals surface area contributed by atoms with E-state index in [1.54, 1.807) is 30.5 Å². The van der Waals surface area contributed by atoms with Crippen molar-refractivity contribution in [1.82, 2.24) is 15.3 Å². The van der Waals surface area contributed by atoms with E-state index in [9.17, 15) is 14.3 Å². The second kappa shape index (κ2) is 11.0. The fraction of sp³-hybridized carbons (Fsp3) is 0.320. The van der Waals surface area contributed by atoms with Gasteiger partial charge in [-0.15, -0.1) is 0 Å². The van der Waals surface area contributed by atoms with Crippen LogP contribution >= 0.6 is 0 Å². The molecule has 1 aliphatic rings. The molecule has 2 aromatic heterocycles. The maximum absolute atomic E-state index is 13.5. The van der Waals surface area contributed by atoms with Crippen molar-refractivity contribution >= 4 is 17.5 Å². The van der Waals surface area contributed by atoms with Gasteiger partial charge in [-0.2, -0.15) is 0 Å². The third kappa shape index (κ3) is 5.86. The van der Waals surface area contributed by atoms with Gasteiger partial charge in [-0.05, 0) is 54.3 Å². The second-order valence-electron chi connectivity index (χ2n) is 8.26. The highest BCUT2D eigenvalue weighted by Gasteiger charge is 2.23. The molecule has 1 atom stereocenters. The number of halogens is 1. The molecule has 3 heterocycles. The number of nitrogens with two attached hydrogens (primary N) is 1. The topological polar surface area (TPSA) is 116 Å². The molecular weight excluding hydrogens is 435 g/mol. The molecule has 0 saturated carbocycles. The molecule has 3 aromatic rings. The lowest BCUT2D eigenvalue weighted by Gasteiger charge is -2.19. The average molecular weight is 465 g/mol. The van der Waals surface area contributed by atoms with Gasteiger partial charge in [0.05, 0.1) is 17.4 Å². The minimum atomic E-state index is -0.384. The Labute approximate surface area is 198 Å². The maximum atomic E-state index is 13.5. The lowest BCUT2D eigenvalue weighted by molar-refractivity contribution is 0.0951. The van der Waals surface area contributed by atoms with Crippen LogP contribution in [-0.4, -0.2) is 46.7 Å². The number of aliphatic hydroxyl groups is 1. The van der Waals surface area contributed by atoms with Crippen molar-refractivity contribution in [3.8, 4) is 0 Å². The first-order valence-corrected chi connectivity index (χ1v) is 11.4. The zero-order chi connectivity index (χ0) is 23.9. The number of rotatable bonds is 9. The molecule has 5 N–H and O–H groups in total. The Balaban J connectivity index is 1.50. The maximum Gasteiger partial charge on any atom is 0.255 e. The van der Waals surface area contributed by atoms with Crippen LogP contribution in [0.1, 0.15) is 33.6 Å². The van der Waals surface area contributed by atoms with Gasteiger partial charge >= 0.3 is 0 Å². The number of β-amino-alcohol motifs (C(OH)–C–C–N with tert-alkyl or cyclic N) is 1. The number of amides is 1. The molecule has 1 saturated heterocycles. The number of pyridine rings is 2. The predicted molar refractivity (Wildman–Crippen MR) is 129 cm³/mol. The minimum absolute atomic E-state index is 0.277. The molecule has 0 radical (unpaired) electrons. The second-order valence-corrected chi connectivity index (χ2v) is 8.26. The third-order valence-corrected chi connectivity index (χ3v) is 5.82. The Morgan fingerprint density at radius 2 is 2.12 bits per heavy atom. The summed E-state index contributed by atoms with van der Waals surface area (Å²) in [4.78, 5) is 24.0. The predicted octanol–water partition coefficient (Wildman–Crippen LogP) is 2.23. The van der Waals surface area contributed by atoms with Crippen LogP contribution in [-0.2, 0) is 19.5 Å². The van der Waals surface area contributed by atoms with Gasteiger partial charge in [0.15, 0.2) is 0 Å². The van der Waals surface area contributed by atoms with Crippen molar-refractivity contribution in [2.75, 3.05) is 29.9 Å². The van der Waals surface area contributed by atoms with E-state index in [1.165, 1.54) is 12.1 Å². The molecule has 1 aromatic carbocycles. The Kier molecular flexibility index (Phi) is 7.66. The first-order chi connectivity index (χ1) is 16.5. The number of hydrogen-bond acceptors (Lipinski definition) is 7. The normalized spacial score (nSPS) is 15.4. The molecule has 8 nitrogen and oxygen atoms in total. The highest BCUT2D eigenvalue weighted by atomic mass is 19.1. The largest absolute Gasteiger partial charge is 0.391 e. The molecule has 178 valence electrons. The lowest BCUT2D eigenvalue weighted by Crippen LogP contribution is -2.27. The Morgan fingerprint density at radius 1 is 1.24 bits per heavy atom. The summed E-state index contributed by atoms with van der Waals surface area (Å²) in [7, 11) is 0. The van der Waals surface area contributed by atoms with Crippen LogP contribution < -0.4 is 21.3 Å². The van der Waals surface area contributed by atoms with Gasteiger partial charge in [0.25, 0.3) is 5.91 Å². The molecule has 34 heavy (non-hydrogen) atoms. The average Bonchev–Trinajstić information content (AvgIpc) is 3.29. The van der Waals surface area contributed by atoms with E-state index in [4.69, 9.17) is 5.73 Å². The van der Waals surface area contributed by atoms with Gasteiger partial charge in [0.1, 0.15) is 17.5 Å². The summed E-state index contributed by atoms with van der Waals surface area (Å²) < 4.78 is 13.5. The van der Waals surface area contributed by atoms with Gasteiger partial charge in [0.2, 0.25) is 0 Å². The van der Waals surface area contributed by atoms with E-state index in [0.29, 0.717) is 56.2 Å². The fourth-order valence-electron chi connectivity index (χ4n) is 4.00. The number of anilines is 2. The van der Waals surface area contributed by atoms with Crippen molar-refractivity contribution < 1.29 is 14.3 Å². The number of aliphatic hydroxyl groups excluding tert-OH is 1. The molecule has 4 rings (SSSR count). The standard InChI is InChI=1S/C25H29FN6O2/c26-19-5-1-3-17(13-19)8-11-29-24-21(6-7-23(31-24)32-12-9-20(33)16-32)25(34)30-15-18-4-2-10-28-22(18)14-27/h1-7,10,13,20,33H,8-9,11-12,14-16,27H2,(H,29,31)(H,30,34)/t20-/m1/s1. The molecule has 0 aliphatic carbocycles. The van der Waals surface area contributed by atoms with E-state index in [1.807, 2.05) is 17.0 Å². The quantitative estimate of drug-likeness (QED) is 0.384. The van der Waals surface area contributed by atoms with E-state index in [-0.39, 0.29) is 24.4 Å². The number of carbonyl (C=O) groups is 1. The van der Waals surface area contributed by atoms with Crippen LogP contribution in [0, 0.1) is 5.82 Å². The summed E-state index contributed by atoms with van der Waals surface area (Å²) in [6.45, 7) is 2.26. The smallest absolute Gasteiger partial charge is 0.255 e. The highest BCUT2D eigenvalue weighted by Crippen LogP contribution is 2.23. The van der Waals surface area contributed by atoms with E-state index < -0.39 is 0 Å². The minimum Gasteiger partial charge on any atom is -0.391 e. The van der Waals surface area contributed by atoms with Gasteiger partial charge in [0, 0.05) is 38.9 Å². The Bertz CT molecular complexity index is 1140. The first-order valence-electron chi connectivity index (χ1n) is 11.4. The number of hydrogen-bond donors (Lipinski definition) is 4. The molecule has 0 bridgehead atoms. The summed E-state index contributed by atoms with van der Waals surface area (Å²) in [5, 5.41) is 16.1. The molecule has 9 heteroatoms. The summed E-state index contributed by atoms with van der Waals surface area (Å²) in [6, 6.07) is 13.7. The van der Waals surface area contributed by atoms with Crippen molar-refractivity contribution in [1.29, 1.82) is 0 Å². The van der Waals surface area contributed by atoms with Crippen LogP contribution in [0.5, 0.6) is 0 Å². The molecule has 1 fully saturated rings. The Morgan fingerprint density at radius 3 is 2.88 bits per heavy atom. The summed E-state index contributed by atoms with van der Waals surface area (Å²) in [5.74, 6) is 0.579. The van der Waals surface area contributed by atoms with Crippen LogP contribution in [0.2, 0.25) is 0 Å². The molecule has 0 spiro atoms. The molecule has 1 aliphatic heterocycles. The summed E-state index contributed by atoms with van der Waals surface area (Å²) in [5.41, 5.74) is 8.59. The van der Waals surface area contributed by atoms with Crippen molar-refractivity contribution in [2.24, 2.45) is 5.73 Å². The zero-order valence-corrected chi connectivity index (χ0v) is 18.9. The summed E-state index contributed by atoms with van der Waals surface area (Å²) >= 11 is 0. The van der Waals surface area contributed by atoms with Crippen LogP contribution in [0.15, 0.2) is 54.7 Å². The number of nitrogens with zero attached hydrogens (tertiary/aromatic N) is 3. The fourth-order valence-corrected chi connectivity index (χ4v) is 4.00. The number of benzene rings is 1. The van der Waals surface area contributed by atoms with Crippen molar-refractivity contribution in [2.45, 2.75) is 32.0 Å². The van der Waals surface area contributed by atoms with E-state index in [2.05, 4.69) is 20.6 Å². The lowest BCUT2D eigenvalue weighted by atomic mass is 10.1. The van der Waals surface area contributed by atoms with Gasteiger partial charge in [-0.1, -0.05) is 18.2 Å². The van der Waals surface area contributed by atoms with Crippen molar-refractivity contribution in [3.05, 3.63) is 82.9 Å². The van der Waals surface area contributed by atoms with Gasteiger partial charge in [-0.3, -0.25) is 9.78 Å². The monoisotopic (exact) mass is 464 g/mol. The Hall–Kier alpha value is -3.56. The first kappa shape index (κ1) is 23.6. The van der Waals surface area contributed by atoms with Gasteiger partial charge < -0.3 is 26.4 Å². The van der Waals surface area contributed by atoms with Gasteiger partial charge in [-0.25, -0.2) is 9.37 Å².